The molecule has 1 atom stereocenters. The van der Waals surface area contributed by atoms with Crippen molar-refractivity contribution in [2.24, 2.45) is 10.7 Å². The highest BCUT2D eigenvalue weighted by atomic mass is 35.5. The van der Waals surface area contributed by atoms with Gasteiger partial charge in [-0.3, -0.25) is 14.8 Å². The van der Waals surface area contributed by atoms with E-state index in [0.29, 0.717) is 9.75 Å². The third-order valence-corrected chi connectivity index (χ3v) is 5.69. The number of amides is 1. The van der Waals surface area contributed by atoms with Crippen molar-refractivity contribution >= 4 is 29.1 Å². The Kier molecular flexibility index (Phi) is 8.24. The lowest BCUT2D eigenvalue weighted by atomic mass is 10.0. The molecule has 2 heterocycles. The Bertz CT molecular complexity index is 1240. The van der Waals surface area contributed by atoms with Gasteiger partial charge in [-0.05, 0) is 54.4 Å². The van der Waals surface area contributed by atoms with Crippen LogP contribution in [0, 0.1) is 0 Å². The molecule has 3 rings (SSSR count). The Morgan fingerprint density at radius 2 is 2.03 bits per heavy atom. The van der Waals surface area contributed by atoms with Crippen molar-refractivity contribution in [3.05, 3.63) is 92.8 Å². The van der Waals surface area contributed by atoms with Gasteiger partial charge in [0.2, 0.25) is 5.91 Å². The topological polar surface area (TPSA) is 106 Å². The van der Waals surface area contributed by atoms with E-state index in [1.54, 1.807) is 25.1 Å². The highest BCUT2D eigenvalue weighted by Crippen LogP contribution is 2.26. The number of halogens is 4. The van der Waals surface area contributed by atoms with Crippen LogP contribution in [0.4, 0.5) is 8.78 Å². The molecular weight excluding hydrogens is 487 g/mol. The number of aromatic nitrogens is 2. The number of hydrogen-bond acceptors (Lipinski definition) is 5. The van der Waals surface area contributed by atoms with E-state index in [4.69, 9.17) is 28.9 Å². The number of alkyl halides is 2. The smallest absolute Gasteiger partial charge is 0.308 e. The molecule has 1 amide bonds. The number of rotatable bonds is 8. The van der Waals surface area contributed by atoms with Gasteiger partial charge in [0, 0.05) is 17.8 Å². The summed E-state index contributed by atoms with van der Waals surface area (Å²) in [5.41, 5.74) is 6.72. The van der Waals surface area contributed by atoms with Gasteiger partial charge in [0.05, 0.1) is 23.2 Å². The minimum absolute atomic E-state index is 0.00101. The van der Waals surface area contributed by atoms with Crippen LogP contribution in [0.2, 0.25) is 10.0 Å². The number of nitrogens with two attached hydrogens (primary N) is 1. The third kappa shape index (κ3) is 6.11. The van der Waals surface area contributed by atoms with E-state index < -0.39 is 30.1 Å². The lowest BCUT2D eigenvalue weighted by molar-refractivity contribution is -0.121. The van der Waals surface area contributed by atoms with Crippen LogP contribution in [0.15, 0.2) is 59.7 Å². The predicted octanol–water partition coefficient (Wildman–Crippen LogP) is 4.00. The number of nitrogens with zero attached hydrogens (tertiary/aromatic N) is 3. The van der Waals surface area contributed by atoms with Crippen LogP contribution in [0.3, 0.4) is 0 Å². The second kappa shape index (κ2) is 10.9. The van der Waals surface area contributed by atoms with Gasteiger partial charge in [-0.1, -0.05) is 35.3 Å². The summed E-state index contributed by atoms with van der Waals surface area (Å²) in [6.07, 6.45) is 0.938. The van der Waals surface area contributed by atoms with Gasteiger partial charge in [-0.2, -0.15) is 13.5 Å². The lowest BCUT2D eigenvalue weighted by Gasteiger charge is -2.19. The summed E-state index contributed by atoms with van der Waals surface area (Å²) in [6.45, 7) is 1.08. The van der Waals surface area contributed by atoms with Crippen LogP contribution >= 0.6 is 23.2 Å². The van der Waals surface area contributed by atoms with Gasteiger partial charge in [0.25, 0.3) is 0 Å². The molecule has 7 nitrogen and oxygen atoms in total. The summed E-state index contributed by atoms with van der Waals surface area (Å²) in [4.78, 5) is 20.1. The third-order valence-electron chi connectivity index (χ3n) is 5.11. The minimum Gasteiger partial charge on any atom is -0.427 e. The predicted molar refractivity (Wildman–Crippen MR) is 125 cm³/mol. The zero-order chi connectivity index (χ0) is 24.9. The number of pyridine rings is 2. The van der Waals surface area contributed by atoms with Crippen molar-refractivity contribution in [3.8, 4) is 0 Å². The molecule has 4 N–H and O–H groups in total. The minimum atomic E-state index is -3.35. The molecule has 0 saturated heterocycles. The number of carbonyl (C=O) groups is 1. The maximum absolute atomic E-state index is 14.4. The van der Waals surface area contributed by atoms with Crippen LogP contribution in [0.25, 0.3) is 0 Å². The summed E-state index contributed by atoms with van der Waals surface area (Å²) in [5, 5.41) is 13.9. The van der Waals surface area contributed by atoms with Crippen LogP contribution in [0.5, 0.6) is 0 Å². The first kappa shape index (κ1) is 25.6. The van der Waals surface area contributed by atoms with Crippen molar-refractivity contribution in [1.82, 2.24) is 15.0 Å². The van der Waals surface area contributed by atoms with Crippen LogP contribution in [-0.2, 0) is 23.7 Å². The Balaban J connectivity index is 1.79. The molecule has 0 spiro atoms. The number of benzene rings is 1. The van der Waals surface area contributed by atoms with Crippen LogP contribution < -0.4 is 16.5 Å². The van der Waals surface area contributed by atoms with E-state index >= 15 is 0 Å². The average Bonchev–Trinajstić information content (AvgIpc) is 2.81. The molecule has 180 valence electrons. The van der Waals surface area contributed by atoms with Gasteiger partial charge in [0.1, 0.15) is 12.2 Å². The highest BCUT2D eigenvalue weighted by Gasteiger charge is 2.32. The Morgan fingerprint density at radius 3 is 2.71 bits per heavy atom. The first-order chi connectivity index (χ1) is 16.1. The zero-order valence-corrected chi connectivity index (χ0v) is 19.7. The number of hydrogen-bond donors (Lipinski definition) is 3. The fourth-order valence-electron chi connectivity index (χ4n) is 3.35. The summed E-state index contributed by atoms with van der Waals surface area (Å²) in [7, 11) is 0. The van der Waals surface area contributed by atoms with Crippen molar-refractivity contribution in [2.45, 2.75) is 31.9 Å². The van der Waals surface area contributed by atoms with Crippen molar-refractivity contribution < 1.29 is 18.8 Å². The molecule has 0 fully saturated rings. The molecule has 2 aromatic heterocycles. The molecule has 0 aliphatic heterocycles. The SMILES string of the molecule is C[C@@H](NC(=O)Cc1c(Cl)ccc(=NCC(F)(F)c2ccccn2)n1O)c1cc(Cl)ccc1CN. The largest absolute Gasteiger partial charge is 0.427 e. The van der Waals surface area contributed by atoms with Gasteiger partial charge in [0.15, 0.2) is 5.49 Å². The quantitative estimate of drug-likeness (QED) is 0.399. The molecule has 0 saturated carbocycles. The maximum Gasteiger partial charge on any atom is 0.308 e. The summed E-state index contributed by atoms with van der Waals surface area (Å²) >= 11 is 12.2. The molecule has 0 radical (unpaired) electrons. The second-order valence-corrected chi connectivity index (χ2v) is 8.39. The molecule has 0 unspecified atom stereocenters. The molecule has 0 aliphatic rings. The Hall–Kier alpha value is -3.01. The first-order valence-corrected chi connectivity index (χ1v) is 11.0. The van der Waals surface area contributed by atoms with E-state index in [0.717, 1.165) is 11.1 Å². The van der Waals surface area contributed by atoms with Crippen molar-refractivity contribution in [3.63, 3.8) is 0 Å². The average molecular weight is 510 g/mol. The summed E-state index contributed by atoms with van der Waals surface area (Å²) in [5.74, 6) is -3.81. The molecule has 0 aliphatic carbocycles. The molecule has 34 heavy (non-hydrogen) atoms. The summed E-state index contributed by atoms with van der Waals surface area (Å²) < 4.78 is 29.3. The summed E-state index contributed by atoms with van der Waals surface area (Å²) in [6, 6.07) is 11.6. The van der Waals surface area contributed by atoms with E-state index in [1.165, 1.54) is 36.5 Å². The monoisotopic (exact) mass is 509 g/mol. The lowest BCUT2D eigenvalue weighted by Crippen LogP contribution is -2.32. The molecule has 3 aromatic rings. The Labute approximate surface area is 204 Å². The zero-order valence-electron chi connectivity index (χ0n) is 18.2. The standard InChI is InChI=1S/C23H23Cl2F2N5O2/c1-14(17-10-16(24)6-5-15(17)12-28)31-22(33)11-19-18(25)7-8-21(32(19)34)30-13-23(26,27)20-4-2-3-9-29-20/h2-10,14,34H,11-13,28H2,1H3,(H,31,33)/t14-/m1/s1. The fourth-order valence-corrected chi connectivity index (χ4v) is 3.74. The van der Waals surface area contributed by atoms with Gasteiger partial charge in [-0.15, -0.1) is 0 Å². The molecule has 11 heteroatoms. The molecular formula is C23H23Cl2F2N5O2. The van der Waals surface area contributed by atoms with E-state index in [1.807, 2.05) is 0 Å². The Morgan fingerprint density at radius 1 is 1.26 bits per heavy atom. The normalized spacial score (nSPS) is 13.1. The van der Waals surface area contributed by atoms with E-state index in [2.05, 4.69) is 15.3 Å². The fraction of sp³-hybridized carbons (Fsp3) is 0.261. The van der Waals surface area contributed by atoms with Gasteiger partial charge in [-0.25, -0.2) is 0 Å². The van der Waals surface area contributed by atoms with Gasteiger partial charge < -0.3 is 16.3 Å². The second-order valence-electron chi connectivity index (χ2n) is 7.55. The van der Waals surface area contributed by atoms with Gasteiger partial charge >= 0.3 is 5.92 Å². The number of nitrogens with one attached hydrogen (secondary N) is 1. The van der Waals surface area contributed by atoms with E-state index in [-0.39, 0.29) is 29.2 Å². The van der Waals surface area contributed by atoms with Crippen LogP contribution in [0.1, 0.15) is 35.5 Å². The van der Waals surface area contributed by atoms with E-state index in [9.17, 15) is 18.8 Å². The maximum atomic E-state index is 14.4. The van der Waals surface area contributed by atoms with Crippen molar-refractivity contribution in [2.75, 3.05) is 6.54 Å². The van der Waals surface area contributed by atoms with Crippen molar-refractivity contribution in [1.29, 1.82) is 0 Å². The number of carbonyl (C=O) groups excluding carboxylic acids is 1. The highest BCUT2D eigenvalue weighted by molar-refractivity contribution is 6.31. The van der Waals surface area contributed by atoms with Crippen LogP contribution in [-0.4, -0.2) is 27.4 Å². The molecule has 1 aromatic carbocycles. The molecule has 0 bridgehead atoms. The first-order valence-electron chi connectivity index (χ1n) is 10.3.